The average Bonchev–Trinajstić information content (AvgIpc) is 3.47. The van der Waals surface area contributed by atoms with Crippen LogP contribution in [0.15, 0.2) is 48.7 Å². The van der Waals surface area contributed by atoms with Gasteiger partial charge in [0.15, 0.2) is 11.5 Å². The maximum Gasteiger partial charge on any atom is 0.289 e. The number of benzene rings is 2. The molecule has 2 saturated heterocycles. The Balaban J connectivity index is 1.18. The molecule has 0 aliphatic carbocycles. The summed E-state index contributed by atoms with van der Waals surface area (Å²) in [7, 11) is 5.05. The van der Waals surface area contributed by atoms with Crippen LogP contribution in [0.25, 0.3) is 10.9 Å². The van der Waals surface area contributed by atoms with Crippen molar-refractivity contribution < 1.29 is 51.4 Å². The van der Waals surface area contributed by atoms with Crippen LogP contribution in [0.3, 0.4) is 0 Å². The van der Waals surface area contributed by atoms with E-state index >= 15 is 0 Å². The summed E-state index contributed by atoms with van der Waals surface area (Å²) in [6, 6.07) is 9.49. The number of hydrogen-bond donors (Lipinski definition) is 3. The number of halogens is 2. The molecule has 52 heavy (non-hydrogen) atoms. The van der Waals surface area contributed by atoms with E-state index in [0.717, 1.165) is 24.1 Å². The summed E-state index contributed by atoms with van der Waals surface area (Å²) in [5.41, 5.74) is 1.45. The van der Waals surface area contributed by atoms with E-state index in [0.29, 0.717) is 64.6 Å². The number of pyridine rings is 1. The lowest BCUT2D eigenvalue weighted by Crippen LogP contribution is -2.52. The molecule has 5 rings (SSSR count). The number of quaternary nitrogens is 1. The summed E-state index contributed by atoms with van der Waals surface area (Å²) >= 11 is 0. The van der Waals surface area contributed by atoms with E-state index in [-0.39, 0.29) is 18.0 Å². The Morgan fingerprint density at radius 2 is 1.77 bits per heavy atom. The van der Waals surface area contributed by atoms with Crippen LogP contribution in [-0.2, 0) is 30.5 Å². The van der Waals surface area contributed by atoms with Crippen molar-refractivity contribution >= 4 is 46.0 Å². The number of alkyl halides is 2. The van der Waals surface area contributed by atoms with Crippen LogP contribution in [0.2, 0.25) is 0 Å². The van der Waals surface area contributed by atoms with Crippen molar-refractivity contribution in [2.75, 3.05) is 72.5 Å². The van der Waals surface area contributed by atoms with Crippen LogP contribution in [-0.4, -0.2) is 123 Å². The third kappa shape index (κ3) is 9.16. The Morgan fingerprint density at radius 1 is 1.02 bits per heavy atom. The fourth-order valence-electron chi connectivity index (χ4n) is 6.39. The number of rotatable bonds is 14. The number of anilines is 1. The van der Waals surface area contributed by atoms with E-state index in [2.05, 4.69) is 28.0 Å². The molecule has 1 atom stereocenters. The Bertz CT molecular complexity index is 1830. The van der Waals surface area contributed by atoms with E-state index < -0.39 is 55.0 Å². The van der Waals surface area contributed by atoms with E-state index in [9.17, 15) is 32.8 Å². The summed E-state index contributed by atoms with van der Waals surface area (Å²) in [4.78, 5) is 70.1. The first kappa shape index (κ1) is 38.0. The second-order valence-corrected chi connectivity index (χ2v) is 13.1. The summed E-state index contributed by atoms with van der Waals surface area (Å²) in [6.07, 6.45) is 1.33. The van der Waals surface area contributed by atoms with Gasteiger partial charge >= 0.3 is 0 Å². The lowest BCUT2D eigenvalue weighted by atomic mass is 10.1. The summed E-state index contributed by atoms with van der Waals surface area (Å²) in [5, 5.41) is 8.11. The van der Waals surface area contributed by atoms with Gasteiger partial charge in [-0.2, -0.15) is 0 Å². The van der Waals surface area contributed by atoms with Crippen molar-refractivity contribution in [3.63, 3.8) is 0 Å². The fourth-order valence-corrected chi connectivity index (χ4v) is 6.39. The van der Waals surface area contributed by atoms with Gasteiger partial charge in [0, 0.05) is 37.4 Å². The number of hydrogen-bond acceptors (Lipinski definition) is 9. The molecule has 3 N–H and O–H groups in total. The van der Waals surface area contributed by atoms with Gasteiger partial charge in [0.2, 0.25) is 17.6 Å². The molecule has 3 aromatic rings. The van der Waals surface area contributed by atoms with Gasteiger partial charge in [0.25, 0.3) is 17.7 Å². The number of likely N-dealkylation sites (N-methyl/N-ethyl adjacent to an activating group) is 1. The molecule has 2 aliphatic heterocycles. The first-order valence-electron chi connectivity index (χ1n) is 16.9. The molecule has 16 heteroatoms. The summed E-state index contributed by atoms with van der Waals surface area (Å²) in [6.45, 7) is 2.12. The second kappa shape index (κ2) is 16.4. The van der Waals surface area contributed by atoms with E-state index in [1.165, 1.54) is 26.5 Å². The lowest BCUT2D eigenvalue weighted by molar-refractivity contribution is -0.917. The molecule has 2 fully saturated rings. The molecule has 0 saturated carbocycles. The first-order chi connectivity index (χ1) is 24.8. The SMILES string of the molecule is COc1ccc(CNC(=O)C(=O)[C@@H]2CC(F)(F)CN2C(=O)CNC(=O)c2ccnc3c(NC(=O)CCC[N+]4(C)CCOCC4)cccc23)cc1OC. The zero-order chi connectivity index (χ0) is 37.5. The van der Waals surface area contributed by atoms with E-state index in [1.807, 2.05) is 0 Å². The van der Waals surface area contributed by atoms with Crippen molar-refractivity contribution in [1.29, 1.82) is 0 Å². The molecule has 0 unspecified atom stereocenters. The molecule has 14 nitrogen and oxygen atoms in total. The minimum Gasteiger partial charge on any atom is -0.493 e. The van der Waals surface area contributed by atoms with Gasteiger partial charge in [0.05, 0.1) is 70.9 Å². The van der Waals surface area contributed by atoms with Crippen LogP contribution in [0.4, 0.5) is 14.5 Å². The number of Topliss-reactive ketones (excluding diaryl/α,β-unsaturated/α-hetero) is 1. The molecule has 1 aromatic heterocycles. The number of nitrogens with zero attached hydrogens (tertiary/aromatic N) is 3. The number of ether oxygens (including phenoxy) is 3. The minimum absolute atomic E-state index is 0.113. The molecule has 2 aromatic carbocycles. The van der Waals surface area contributed by atoms with Crippen molar-refractivity contribution in [2.24, 2.45) is 0 Å². The lowest BCUT2D eigenvalue weighted by Gasteiger charge is -2.37. The standard InChI is InChI=1S/C36H42F2N6O8/c1-44(14-16-52-17-15-44)13-5-8-30(45)42-26-7-4-6-24-25(11-12-39-32(24)26)34(48)41-21-31(46)43-22-36(37,38)19-27(43)33(47)35(49)40-20-23-9-10-28(50-2)29(18-23)51-3/h4,6-7,9-12,18,27H,5,8,13-17,19-22H2,1-3H3,(H2-,40,41,42,45,48,49)/p+1/t27-/m0/s1. The van der Waals surface area contributed by atoms with Gasteiger partial charge in [-0.15, -0.1) is 0 Å². The smallest absolute Gasteiger partial charge is 0.289 e. The number of likely N-dealkylation sites (tertiary alicyclic amines) is 1. The zero-order valence-corrected chi connectivity index (χ0v) is 29.3. The number of methoxy groups -OCH3 is 2. The topological polar surface area (TPSA) is 165 Å². The number of carbonyl (C=O) groups is 5. The molecular weight excluding hydrogens is 682 g/mol. The van der Waals surface area contributed by atoms with Gasteiger partial charge in [-0.1, -0.05) is 18.2 Å². The van der Waals surface area contributed by atoms with Crippen molar-refractivity contribution in [2.45, 2.75) is 37.8 Å². The van der Waals surface area contributed by atoms with Crippen LogP contribution < -0.4 is 25.4 Å². The predicted molar refractivity (Wildman–Crippen MR) is 185 cm³/mol. The maximum absolute atomic E-state index is 14.5. The van der Waals surface area contributed by atoms with Crippen LogP contribution in [0.1, 0.15) is 35.2 Å². The summed E-state index contributed by atoms with van der Waals surface area (Å²) < 4.78 is 45.8. The number of fused-ring (bicyclic) bond motifs is 1. The largest absolute Gasteiger partial charge is 0.493 e. The monoisotopic (exact) mass is 725 g/mol. The second-order valence-electron chi connectivity index (χ2n) is 13.1. The maximum atomic E-state index is 14.5. The number of ketones is 1. The van der Waals surface area contributed by atoms with Crippen molar-refractivity contribution in [1.82, 2.24) is 20.5 Å². The zero-order valence-electron chi connectivity index (χ0n) is 29.3. The molecule has 3 heterocycles. The van der Waals surface area contributed by atoms with E-state index in [1.54, 1.807) is 36.4 Å². The highest BCUT2D eigenvalue weighted by atomic mass is 19.3. The van der Waals surface area contributed by atoms with Gasteiger partial charge in [-0.05, 0) is 29.8 Å². The van der Waals surface area contributed by atoms with Gasteiger partial charge < -0.3 is 39.5 Å². The highest BCUT2D eigenvalue weighted by Gasteiger charge is 2.51. The molecule has 0 spiro atoms. The number of para-hydroxylation sites is 1. The van der Waals surface area contributed by atoms with Crippen LogP contribution >= 0.6 is 0 Å². The Morgan fingerprint density at radius 3 is 2.50 bits per heavy atom. The van der Waals surface area contributed by atoms with Gasteiger partial charge in [0.1, 0.15) is 19.1 Å². The third-order valence-electron chi connectivity index (χ3n) is 9.36. The third-order valence-corrected chi connectivity index (χ3v) is 9.36. The summed E-state index contributed by atoms with van der Waals surface area (Å²) in [5.74, 6) is -6.78. The highest BCUT2D eigenvalue weighted by molar-refractivity contribution is 6.38. The molecular formula is C36H43F2N6O8+. The molecule has 0 bridgehead atoms. The average molecular weight is 726 g/mol. The van der Waals surface area contributed by atoms with Crippen molar-refractivity contribution in [3.05, 3.63) is 59.8 Å². The molecule has 4 amide bonds. The Hall–Kier alpha value is -5.22. The Labute approximate surface area is 299 Å². The number of amides is 4. The number of carbonyl (C=O) groups excluding carboxylic acids is 5. The van der Waals surface area contributed by atoms with Crippen molar-refractivity contribution in [3.8, 4) is 11.5 Å². The minimum atomic E-state index is -3.42. The van der Waals surface area contributed by atoms with Crippen LogP contribution in [0, 0.1) is 0 Å². The normalized spacial score (nSPS) is 17.6. The first-order valence-corrected chi connectivity index (χ1v) is 16.9. The number of nitrogens with one attached hydrogen (secondary N) is 3. The van der Waals surface area contributed by atoms with Gasteiger partial charge in [-0.25, -0.2) is 8.78 Å². The van der Waals surface area contributed by atoms with Gasteiger partial charge in [-0.3, -0.25) is 29.0 Å². The number of aromatic nitrogens is 1. The fraction of sp³-hybridized carbons (Fsp3) is 0.444. The molecule has 2 aliphatic rings. The Kier molecular flexibility index (Phi) is 12.0. The quantitative estimate of drug-likeness (QED) is 0.167. The molecule has 0 radical (unpaired) electrons. The number of morpholine rings is 1. The molecule has 278 valence electrons. The van der Waals surface area contributed by atoms with E-state index in [4.69, 9.17) is 14.2 Å². The predicted octanol–water partition coefficient (Wildman–Crippen LogP) is 2.30. The van der Waals surface area contributed by atoms with Crippen LogP contribution in [0.5, 0.6) is 11.5 Å². The highest BCUT2D eigenvalue weighted by Crippen LogP contribution is 2.33.